The van der Waals surface area contributed by atoms with Crippen LogP contribution in [0.4, 0.5) is 0 Å². The van der Waals surface area contributed by atoms with Crippen LogP contribution in [0.25, 0.3) is 21.9 Å². The summed E-state index contributed by atoms with van der Waals surface area (Å²) in [6.07, 6.45) is 2.94. The third-order valence-electron chi connectivity index (χ3n) is 4.79. The van der Waals surface area contributed by atoms with E-state index in [1.807, 2.05) is 6.08 Å². The van der Waals surface area contributed by atoms with E-state index < -0.39 is 6.29 Å². The Morgan fingerprint density at radius 2 is 1.96 bits per heavy atom. The molecule has 2 unspecified atom stereocenters. The second-order valence-electron chi connectivity index (χ2n) is 6.12. The van der Waals surface area contributed by atoms with Crippen LogP contribution in [0.2, 0.25) is 0 Å². The Hall–Kier alpha value is -3.35. The number of phenols is 1. The van der Waals surface area contributed by atoms with E-state index in [2.05, 4.69) is 0 Å². The highest BCUT2D eigenvalue weighted by Gasteiger charge is 2.40. The molecule has 0 amide bonds. The summed E-state index contributed by atoms with van der Waals surface area (Å²) in [5.74, 6) is 0.848. The number of hydrogen-bond donors (Lipinski definition) is 1. The minimum absolute atomic E-state index is 0.0743. The third kappa shape index (κ3) is 1.79. The summed E-state index contributed by atoms with van der Waals surface area (Å²) in [5.41, 5.74) is 0.918. The van der Waals surface area contributed by atoms with Crippen molar-refractivity contribution in [3.63, 3.8) is 0 Å². The van der Waals surface area contributed by atoms with Crippen LogP contribution < -0.4 is 19.6 Å². The molecule has 132 valence electrons. The minimum atomic E-state index is -0.486. The number of benzene rings is 2. The molecule has 2 atom stereocenters. The van der Waals surface area contributed by atoms with Gasteiger partial charge in [0.2, 0.25) is 5.43 Å². The number of methoxy groups -OCH3 is 2. The largest absolute Gasteiger partial charge is 0.507 e. The van der Waals surface area contributed by atoms with Gasteiger partial charge in [-0.3, -0.25) is 4.79 Å². The topological polar surface area (TPSA) is 87.4 Å². The molecule has 2 aliphatic heterocycles. The SMILES string of the molecule is COc1cc(O)c2c(=O)c3c(OC)cc4c(c3oc2c1)C1C=COC1O4. The monoisotopic (exact) mass is 354 g/mol. The van der Waals surface area contributed by atoms with Crippen molar-refractivity contribution in [2.45, 2.75) is 12.2 Å². The molecular formula is C19H14O7. The quantitative estimate of drug-likeness (QED) is 0.708. The smallest absolute Gasteiger partial charge is 0.250 e. The van der Waals surface area contributed by atoms with E-state index in [4.69, 9.17) is 23.4 Å². The lowest BCUT2D eigenvalue weighted by atomic mass is 9.97. The van der Waals surface area contributed by atoms with Gasteiger partial charge in [0.1, 0.15) is 44.9 Å². The standard InChI is InChI=1S/C19H14O7/c1-22-8-5-10(20)15-12(6-8)25-18-14-9-3-4-24-19(9)26-13(14)7-11(23-2)16(18)17(15)21/h3-7,9,19-20H,1-2H3. The van der Waals surface area contributed by atoms with Crippen molar-refractivity contribution in [2.75, 3.05) is 14.2 Å². The van der Waals surface area contributed by atoms with Gasteiger partial charge in [-0.1, -0.05) is 0 Å². The molecule has 3 heterocycles. The van der Waals surface area contributed by atoms with E-state index in [1.165, 1.54) is 20.3 Å². The molecule has 0 aliphatic carbocycles. The van der Waals surface area contributed by atoms with Gasteiger partial charge < -0.3 is 28.5 Å². The maximum atomic E-state index is 13.1. The maximum absolute atomic E-state index is 13.1. The first-order chi connectivity index (χ1) is 12.6. The van der Waals surface area contributed by atoms with E-state index in [9.17, 15) is 9.90 Å². The molecule has 7 nitrogen and oxygen atoms in total. The minimum Gasteiger partial charge on any atom is -0.507 e. The number of rotatable bonds is 2. The van der Waals surface area contributed by atoms with Crippen LogP contribution in [0, 0.1) is 0 Å². The molecule has 7 heteroatoms. The Morgan fingerprint density at radius 3 is 2.73 bits per heavy atom. The average molecular weight is 354 g/mol. The zero-order chi connectivity index (χ0) is 18.0. The van der Waals surface area contributed by atoms with Crippen molar-refractivity contribution < 1.29 is 28.5 Å². The molecule has 26 heavy (non-hydrogen) atoms. The highest BCUT2D eigenvalue weighted by atomic mass is 16.7. The molecule has 0 spiro atoms. The summed E-state index contributed by atoms with van der Waals surface area (Å²) in [4.78, 5) is 13.1. The molecule has 0 bridgehead atoms. The van der Waals surface area contributed by atoms with Gasteiger partial charge in [0, 0.05) is 18.2 Å². The Bertz CT molecular complexity index is 1160. The van der Waals surface area contributed by atoms with Gasteiger partial charge >= 0.3 is 0 Å². The average Bonchev–Trinajstić information content (AvgIpc) is 3.20. The van der Waals surface area contributed by atoms with Crippen LogP contribution in [0.1, 0.15) is 11.5 Å². The van der Waals surface area contributed by atoms with Crippen molar-refractivity contribution in [3.05, 3.63) is 46.3 Å². The molecule has 0 fully saturated rings. The van der Waals surface area contributed by atoms with E-state index in [1.54, 1.807) is 18.4 Å². The Balaban J connectivity index is 1.96. The van der Waals surface area contributed by atoms with Gasteiger partial charge in [-0.15, -0.1) is 0 Å². The molecule has 3 aromatic rings. The summed E-state index contributed by atoms with van der Waals surface area (Å²) >= 11 is 0. The second kappa shape index (κ2) is 5.08. The normalized spacial score (nSPS) is 19.9. The Kier molecular flexibility index (Phi) is 2.92. The van der Waals surface area contributed by atoms with Gasteiger partial charge in [0.05, 0.1) is 32.0 Å². The number of fused-ring (bicyclic) bond motifs is 6. The molecule has 2 aliphatic rings. The summed E-state index contributed by atoms with van der Waals surface area (Å²) in [7, 11) is 2.93. The first kappa shape index (κ1) is 14.9. The van der Waals surface area contributed by atoms with Crippen LogP contribution in [-0.4, -0.2) is 25.6 Å². The second-order valence-corrected chi connectivity index (χ2v) is 6.12. The molecule has 0 saturated carbocycles. The summed E-state index contributed by atoms with van der Waals surface area (Å²) in [6.45, 7) is 0. The van der Waals surface area contributed by atoms with Crippen molar-refractivity contribution in [2.24, 2.45) is 0 Å². The third-order valence-corrected chi connectivity index (χ3v) is 4.79. The summed E-state index contributed by atoms with van der Waals surface area (Å²) < 4.78 is 27.8. The number of phenolic OH excluding ortho intramolecular Hbond substituents is 1. The van der Waals surface area contributed by atoms with Gasteiger partial charge in [-0.25, -0.2) is 0 Å². The fraction of sp³-hybridized carbons (Fsp3) is 0.211. The first-order valence-electron chi connectivity index (χ1n) is 7.99. The maximum Gasteiger partial charge on any atom is 0.250 e. The molecule has 1 aromatic heterocycles. The highest BCUT2D eigenvalue weighted by molar-refractivity contribution is 5.99. The van der Waals surface area contributed by atoms with Crippen LogP contribution in [-0.2, 0) is 4.74 Å². The van der Waals surface area contributed by atoms with Gasteiger partial charge in [0.15, 0.2) is 0 Å². The molecule has 0 radical (unpaired) electrons. The van der Waals surface area contributed by atoms with E-state index >= 15 is 0 Å². The van der Waals surface area contributed by atoms with E-state index in [0.29, 0.717) is 22.8 Å². The van der Waals surface area contributed by atoms with Gasteiger partial charge in [-0.2, -0.15) is 0 Å². The number of ether oxygens (including phenoxy) is 4. The lowest BCUT2D eigenvalue weighted by Gasteiger charge is -2.12. The first-order valence-corrected chi connectivity index (χ1v) is 7.99. The van der Waals surface area contributed by atoms with Crippen LogP contribution in [0.3, 0.4) is 0 Å². The zero-order valence-electron chi connectivity index (χ0n) is 13.9. The Morgan fingerprint density at radius 1 is 1.12 bits per heavy atom. The lowest BCUT2D eigenvalue weighted by Crippen LogP contribution is -2.14. The molecule has 1 N–H and O–H groups in total. The zero-order valence-corrected chi connectivity index (χ0v) is 13.9. The van der Waals surface area contributed by atoms with Crippen molar-refractivity contribution in [1.29, 1.82) is 0 Å². The lowest BCUT2D eigenvalue weighted by molar-refractivity contribution is -0.00484. The predicted molar refractivity (Wildman–Crippen MR) is 92.1 cm³/mol. The fourth-order valence-corrected chi connectivity index (χ4v) is 3.60. The van der Waals surface area contributed by atoms with Crippen LogP contribution >= 0.6 is 0 Å². The van der Waals surface area contributed by atoms with Crippen LogP contribution in [0.5, 0.6) is 23.0 Å². The van der Waals surface area contributed by atoms with E-state index in [0.717, 1.165) is 5.56 Å². The van der Waals surface area contributed by atoms with Gasteiger partial charge in [0.25, 0.3) is 6.29 Å². The molecule has 0 saturated heterocycles. The summed E-state index contributed by atoms with van der Waals surface area (Å²) in [6, 6.07) is 4.59. The fourth-order valence-electron chi connectivity index (χ4n) is 3.60. The predicted octanol–water partition coefficient (Wildman–Crippen LogP) is 3.02. The Labute approximate surface area is 146 Å². The van der Waals surface area contributed by atoms with E-state index in [-0.39, 0.29) is 33.5 Å². The van der Waals surface area contributed by atoms with Crippen molar-refractivity contribution in [3.8, 4) is 23.0 Å². The molecular weight excluding hydrogens is 340 g/mol. The van der Waals surface area contributed by atoms with Crippen molar-refractivity contribution in [1.82, 2.24) is 0 Å². The summed E-state index contributed by atoms with van der Waals surface area (Å²) in [5, 5.41) is 10.6. The van der Waals surface area contributed by atoms with Crippen LogP contribution in [0.15, 0.2) is 39.7 Å². The number of aromatic hydroxyl groups is 1. The van der Waals surface area contributed by atoms with Gasteiger partial charge in [-0.05, 0) is 6.08 Å². The molecule has 5 rings (SSSR count). The highest BCUT2D eigenvalue weighted by Crippen LogP contribution is 2.49. The number of hydrogen-bond acceptors (Lipinski definition) is 7. The molecule has 2 aromatic carbocycles. The van der Waals surface area contributed by atoms with Crippen molar-refractivity contribution >= 4 is 21.9 Å².